The Kier molecular flexibility index (Phi) is 6.72. The van der Waals surface area contributed by atoms with E-state index in [9.17, 15) is 5.26 Å². The number of benzene rings is 5. The molecule has 6 aromatic rings. The molecule has 5 aromatic carbocycles. The van der Waals surface area contributed by atoms with Crippen LogP contribution >= 0.6 is 0 Å². The SMILES string of the molecule is C[C@@H]1CC2C[C@H](C)CC(c3ccc(-c4nc(-c5ccccc5)nc(-c5ccc6c(ccc7cc(C#N)ccc76)c5)n4)cc3)(C2)C1. The maximum atomic E-state index is 9.34. The Morgan fingerprint density at radius 2 is 1.16 bits per heavy atom. The number of hydrogen-bond acceptors (Lipinski definition) is 4. The van der Waals surface area contributed by atoms with Gasteiger partial charge in [0.1, 0.15) is 0 Å². The van der Waals surface area contributed by atoms with E-state index in [2.05, 4.69) is 86.6 Å². The van der Waals surface area contributed by atoms with Crippen LogP contribution in [0.2, 0.25) is 0 Å². The van der Waals surface area contributed by atoms with Crippen molar-refractivity contribution in [3.63, 3.8) is 0 Å². The third kappa shape index (κ3) is 5.07. The van der Waals surface area contributed by atoms with Gasteiger partial charge in [-0.25, -0.2) is 15.0 Å². The van der Waals surface area contributed by atoms with Crippen molar-refractivity contribution < 1.29 is 0 Å². The van der Waals surface area contributed by atoms with E-state index < -0.39 is 0 Å². The lowest BCUT2D eigenvalue weighted by atomic mass is 9.54. The van der Waals surface area contributed by atoms with Crippen LogP contribution in [-0.2, 0) is 5.41 Å². The number of aromatic nitrogens is 3. The van der Waals surface area contributed by atoms with Gasteiger partial charge in [-0.2, -0.15) is 5.26 Å². The monoisotopic (exact) mass is 584 g/mol. The third-order valence-corrected chi connectivity index (χ3v) is 10.3. The maximum Gasteiger partial charge on any atom is 0.164 e. The molecule has 0 saturated heterocycles. The van der Waals surface area contributed by atoms with E-state index in [1.54, 1.807) is 0 Å². The summed E-state index contributed by atoms with van der Waals surface area (Å²) in [6.45, 7) is 4.89. The van der Waals surface area contributed by atoms with Crippen molar-refractivity contribution in [3.05, 3.63) is 114 Å². The van der Waals surface area contributed by atoms with E-state index in [0.717, 1.165) is 56.0 Å². The minimum absolute atomic E-state index is 0.295. The topological polar surface area (TPSA) is 62.5 Å². The lowest BCUT2D eigenvalue weighted by Crippen LogP contribution is -2.42. The minimum atomic E-state index is 0.295. The Morgan fingerprint density at radius 1 is 0.600 bits per heavy atom. The van der Waals surface area contributed by atoms with Crippen LogP contribution in [0.5, 0.6) is 0 Å². The second-order valence-corrected chi connectivity index (χ2v) is 13.7. The van der Waals surface area contributed by atoms with E-state index in [1.165, 1.54) is 37.7 Å². The summed E-state index contributed by atoms with van der Waals surface area (Å²) in [5.74, 6) is 4.44. The summed E-state index contributed by atoms with van der Waals surface area (Å²) in [6.07, 6.45) is 6.67. The molecule has 2 bridgehead atoms. The lowest BCUT2D eigenvalue weighted by Gasteiger charge is -2.50. The predicted octanol–water partition coefficient (Wildman–Crippen LogP) is 10.2. The van der Waals surface area contributed by atoms with Crippen molar-refractivity contribution >= 4 is 21.5 Å². The van der Waals surface area contributed by atoms with Gasteiger partial charge in [-0.05, 0) is 101 Å². The Balaban J connectivity index is 1.21. The molecule has 0 aliphatic heterocycles. The van der Waals surface area contributed by atoms with Gasteiger partial charge in [0.15, 0.2) is 17.5 Å². The highest BCUT2D eigenvalue weighted by Crippen LogP contribution is 2.54. The van der Waals surface area contributed by atoms with Crippen LogP contribution in [0.4, 0.5) is 0 Å². The minimum Gasteiger partial charge on any atom is -0.208 e. The second kappa shape index (κ2) is 10.9. The molecular formula is C41H36N4. The van der Waals surface area contributed by atoms with Gasteiger partial charge in [-0.1, -0.05) is 98.8 Å². The quantitative estimate of drug-likeness (QED) is 0.193. The number of fused-ring (bicyclic) bond motifs is 5. The maximum absolute atomic E-state index is 9.34. The molecule has 8 rings (SSSR count). The second-order valence-electron chi connectivity index (χ2n) is 13.7. The zero-order valence-corrected chi connectivity index (χ0v) is 25.9. The molecule has 0 radical (unpaired) electrons. The molecule has 2 aliphatic carbocycles. The fraction of sp³-hybridized carbons (Fsp3) is 0.268. The Bertz CT molecular complexity index is 2070. The molecule has 0 amide bonds. The van der Waals surface area contributed by atoms with Crippen LogP contribution in [0.1, 0.15) is 57.1 Å². The summed E-state index contributed by atoms with van der Waals surface area (Å²) >= 11 is 0. The predicted molar refractivity (Wildman–Crippen MR) is 182 cm³/mol. The third-order valence-electron chi connectivity index (χ3n) is 10.3. The molecule has 1 aromatic heterocycles. The molecule has 0 spiro atoms. The van der Waals surface area contributed by atoms with Crippen molar-refractivity contribution in [1.82, 2.24) is 15.0 Å². The van der Waals surface area contributed by atoms with Crippen molar-refractivity contribution in [2.24, 2.45) is 17.8 Å². The number of nitrogens with zero attached hydrogens (tertiary/aromatic N) is 4. The van der Waals surface area contributed by atoms with Crippen molar-refractivity contribution in [3.8, 4) is 40.2 Å². The smallest absolute Gasteiger partial charge is 0.164 e. The van der Waals surface area contributed by atoms with Crippen LogP contribution in [-0.4, -0.2) is 15.0 Å². The fourth-order valence-corrected chi connectivity index (χ4v) is 8.66. The molecule has 2 saturated carbocycles. The molecule has 4 nitrogen and oxygen atoms in total. The molecule has 1 heterocycles. The summed E-state index contributed by atoms with van der Waals surface area (Å²) < 4.78 is 0. The first kappa shape index (κ1) is 27.7. The zero-order valence-electron chi connectivity index (χ0n) is 25.9. The highest BCUT2D eigenvalue weighted by Gasteiger charge is 2.45. The van der Waals surface area contributed by atoms with Crippen LogP contribution in [0.3, 0.4) is 0 Å². The number of rotatable bonds is 4. The van der Waals surface area contributed by atoms with Gasteiger partial charge < -0.3 is 0 Å². The van der Waals surface area contributed by atoms with Crippen molar-refractivity contribution in [2.45, 2.75) is 51.4 Å². The molecule has 4 atom stereocenters. The van der Waals surface area contributed by atoms with Crippen LogP contribution in [0.25, 0.3) is 55.7 Å². The van der Waals surface area contributed by atoms with Gasteiger partial charge in [0, 0.05) is 16.7 Å². The molecule has 0 N–H and O–H groups in total. The summed E-state index contributed by atoms with van der Waals surface area (Å²) in [6, 6.07) is 38.0. The van der Waals surface area contributed by atoms with Gasteiger partial charge in [0.2, 0.25) is 0 Å². The van der Waals surface area contributed by atoms with Crippen LogP contribution in [0.15, 0.2) is 103 Å². The fourth-order valence-electron chi connectivity index (χ4n) is 8.66. The Hall–Kier alpha value is -4.88. The zero-order chi connectivity index (χ0) is 30.5. The molecular weight excluding hydrogens is 548 g/mol. The van der Waals surface area contributed by atoms with Gasteiger partial charge in [0.05, 0.1) is 11.6 Å². The van der Waals surface area contributed by atoms with Gasteiger partial charge in [-0.15, -0.1) is 0 Å². The average Bonchev–Trinajstić information content (AvgIpc) is 3.07. The largest absolute Gasteiger partial charge is 0.208 e. The van der Waals surface area contributed by atoms with E-state index in [-0.39, 0.29) is 0 Å². The van der Waals surface area contributed by atoms with E-state index in [0.29, 0.717) is 28.5 Å². The van der Waals surface area contributed by atoms with E-state index in [4.69, 9.17) is 15.0 Å². The first-order valence-electron chi connectivity index (χ1n) is 16.3. The van der Waals surface area contributed by atoms with E-state index >= 15 is 0 Å². The van der Waals surface area contributed by atoms with Gasteiger partial charge >= 0.3 is 0 Å². The first-order valence-corrected chi connectivity index (χ1v) is 16.3. The summed E-state index contributed by atoms with van der Waals surface area (Å²) in [7, 11) is 0. The van der Waals surface area contributed by atoms with Gasteiger partial charge in [-0.3, -0.25) is 0 Å². The molecule has 220 valence electrons. The molecule has 4 heteroatoms. The average molecular weight is 585 g/mol. The Labute approximate surface area is 264 Å². The standard InChI is InChI=1S/C41H36N4/c1-26-18-29-19-27(2)23-41(22-26,24-29)35-14-11-31(12-15-35)39-43-38(30-6-4-3-5-7-30)44-40(45-39)34-13-17-37-33(21-34)10-9-32-20-28(25-42)8-16-36(32)37/h3-17,20-21,26-27,29H,18-19,22-24H2,1-2H3/t26-,27+,29?,41?. The van der Waals surface area contributed by atoms with Crippen molar-refractivity contribution in [1.29, 1.82) is 5.26 Å². The first-order chi connectivity index (χ1) is 22.0. The highest BCUT2D eigenvalue weighted by atomic mass is 15.0. The summed E-state index contributed by atoms with van der Waals surface area (Å²) in [5, 5.41) is 13.8. The summed E-state index contributed by atoms with van der Waals surface area (Å²) in [5.41, 5.74) is 5.38. The normalized spacial score (nSPS) is 22.7. The van der Waals surface area contributed by atoms with Gasteiger partial charge in [0.25, 0.3) is 0 Å². The number of nitriles is 1. The lowest BCUT2D eigenvalue weighted by molar-refractivity contribution is 0.0780. The van der Waals surface area contributed by atoms with Crippen LogP contribution < -0.4 is 0 Å². The van der Waals surface area contributed by atoms with Crippen molar-refractivity contribution in [2.75, 3.05) is 0 Å². The Morgan fingerprint density at radius 3 is 1.80 bits per heavy atom. The molecule has 2 fully saturated rings. The summed E-state index contributed by atoms with van der Waals surface area (Å²) in [4.78, 5) is 15.0. The molecule has 45 heavy (non-hydrogen) atoms. The number of hydrogen-bond donors (Lipinski definition) is 0. The highest BCUT2D eigenvalue weighted by molar-refractivity contribution is 6.08. The molecule has 2 aliphatic rings. The molecule has 2 unspecified atom stereocenters. The van der Waals surface area contributed by atoms with Crippen LogP contribution in [0, 0.1) is 29.1 Å². The van der Waals surface area contributed by atoms with E-state index in [1.807, 2.05) is 36.4 Å².